The molecule has 0 spiro atoms. The lowest BCUT2D eigenvalue weighted by Gasteiger charge is -2.31. The number of nitrogens with zero attached hydrogens (tertiary/aromatic N) is 5. The minimum absolute atomic E-state index is 0.0265. The fourth-order valence-electron chi connectivity index (χ4n) is 8.58. The van der Waals surface area contributed by atoms with Crippen molar-refractivity contribution in [3.8, 4) is 21.1 Å². The lowest BCUT2D eigenvalue weighted by Crippen LogP contribution is -2.43. The topological polar surface area (TPSA) is 132 Å². The molecule has 2 aliphatic heterocycles. The fraction of sp³-hybridized carbons (Fsp3) is 0.528. The van der Waals surface area contributed by atoms with Crippen LogP contribution in [0.15, 0.2) is 45.3 Å². The number of benzene rings is 2. The van der Waals surface area contributed by atoms with Crippen LogP contribution in [0, 0.1) is 0 Å². The monoisotopic (exact) mass is 1170 g/mol. The average Bonchev–Trinajstić information content (AvgIpc) is 4.09. The van der Waals surface area contributed by atoms with E-state index in [0.717, 1.165) is 112 Å². The zero-order chi connectivity index (χ0) is 51.3. The van der Waals surface area contributed by atoms with Crippen LogP contribution in [0.1, 0.15) is 123 Å². The number of ether oxygens (including phenoxy) is 1. The van der Waals surface area contributed by atoms with Crippen molar-refractivity contribution >= 4 is 126 Å². The number of nitrogens with one attached hydrogen (secondary N) is 3. The first-order valence-electron chi connectivity index (χ1n) is 24.9. The Morgan fingerprint density at radius 1 is 0.718 bits per heavy atom. The molecule has 2 aromatic carbocycles. The predicted molar refractivity (Wildman–Crippen MR) is 307 cm³/mol. The van der Waals surface area contributed by atoms with Crippen LogP contribution in [0.5, 0.6) is 0 Å². The molecule has 2 atom stereocenters. The number of carbonyl (C=O) groups is 3. The Balaban J connectivity index is 0.000000213. The summed E-state index contributed by atoms with van der Waals surface area (Å²) in [6.07, 6.45) is 4.03. The predicted octanol–water partition coefficient (Wildman–Crippen LogP) is 14.2. The van der Waals surface area contributed by atoms with Crippen LogP contribution in [0.2, 0.25) is 0 Å². The molecule has 3 N–H and O–H groups in total. The lowest BCUT2D eigenvalue weighted by molar-refractivity contribution is -0.117. The van der Waals surface area contributed by atoms with Gasteiger partial charge in [0.15, 0.2) is 0 Å². The first kappa shape index (κ1) is 55.4. The van der Waals surface area contributed by atoms with E-state index in [1.807, 2.05) is 46.8 Å². The number of halogens is 2. The van der Waals surface area contributed by atoms with Crippen LogP contribution in [-0.2, 0) is 40.3 Å². The van der Waals surface area contributed by atoms with Crippen molar-refractivity contribution in [3.05, 3.63) is 66.2 Å². The smallest absolute Gasteiger partial charge is 0.410 e. The number of anilines is 2. The van der Waals surface area contributed by atoms with Crippen molar-refractivity contribution in [1.82, 2.24) is 30.0 Å². The maximum absolute atomic E-state index is 13.3. The van der Waals surface area contributed by atoms with Gasteiger partial charge in [-0.25, -0.2) is 14.8 Å². The third-order valence-corrected chi connectivity index (χ3v) is 18.4. The lowest BCUT2D eigenvalue weighted by atomic mass is 10.0. The maximum Gasteiger partial charge on any atom is 0.410 e. The number of aromatic nitrogens is 2. The van der Waals surface area contributed by atoms with Gasteiger partial charge in [-0.1, -0.05) is 45.7 Å². The molecule has 12 nitrogen and oxygen atoms in total. The molecular formula is C53H70Br2N8O4S4. The molecule has 6 aromatic rings. The minimum atomic E-state index is -0.591. The molecule has 3 amide bonds. The van der Waals surface area contributed by atoms with E-state index in [2.05, 4.69) is 123 Å². The molecule has 71 heavy (non-hydrogen) atoms. The van der Waals surface area contributed by atoms with Crippen molar-refractivity contribution in [1.29, 1.82) is 0 Å². The molecule has 2 aliphatic rings. The van der Waals surface area contributed by atoms with E-state index in [4.69, 9.17) is 14.7 Å². The van der Waals surface area contributed by atoms with Gasteiger partial charge in [-0.2, -0.15) is 0 Å². The standard InChI is InChI=1S/C29H39BrN4O3S2.C24H31BrN4OS2/c1-8-18(4)34(28(36)37-29(5,6)7)14-12-24(35)32-27-25(20-11-13-33(17(2)3)16-23(20)39-27)26-31-21-15-19(30)9-10-22(21)38-26;1-5-15(4)26-10-8-21(30)28-24-22(17-9-11-29(14(2)3)13-20(17)32-24)23-27-18-12-16(25)6-7-19(18)31-23/h9-10,15,17-18H,8,11-14,16H2,1-7H3,(H,32,35);6-7,12,14-15,26H,5,8-11,13H2,1-4H3,(H,28,30). The second-order valence-electron chi connectivity index (χ2n) is 20.1. The molecule has 0 fully saturated rings. The van der Waals surface area contributed by atoms with Crippen molar-refractivity contribution in [2.24, 2.45) is 0 Å². The second kappa shape index (κ2) is 24.3. The average molecular weight is 1170 g/mol. The zero-order valence-electron chi connectivity index (χ0n) is 43.0. The summed E-state index contributed by atoms with van der Waals surface area (Å²) >= 11 is 13.9. The van der Waals surface area contributed by atoms with Gasteiger partial charge in [0.05, 0.1) is 20.4 Å². The Morgan fingerprint density at radius 2 is 1.20 bits per heavy atom. The highest BCUT2D eigenvalue weighted by molar-refractivity contribution is 9.10. The highest BCUT2D eigenvalue weighted by Gasteiger charge is 2.31. The van der Waals surface area contributed by atoms with E-state index in [1.54, 1.807) is 50.2 Å². The van der Waals surface area contributed by atoms with Crippen LogP contribution in [0.4, 0.5) is 14.8 Å². The number of carbonyl (C=O) groups excluding carboxylic acids is 3. The summed E-state index contributed by atoms with van der Waals surface area (Å²) in [7, 11) is 0. The maximum atomic E-state index is 13.3. The molecule has 8 rings (SSSR count). The summed E-state index contributed by atoms with van der Waals surface area (Å²) < 4.78 is 9.92. The summed E-state index contributed by atoms with van der Waals surface area (Å²) in [5, 5.41) is 13.6. The molecule has 6 heterocycles. The molecule has 384 valence electrons. The number of rotatable bonds is 16. The van der Waals surface area contributed by atoms with Gasteiger partial charge < -0.3 is 25.6 Å². The van der Waals surface area contributed by atoms with Crippen LogP contribution < -0.4 is 16.0 Å². The van der Waals surface area contributed by atoms with Crippen LogP contribution in [0.3, 0.4) is 0 Å². The van der Waals surface area contributed by atoms with Crippen LogP contribution >= 0.6 is 77.2 Å². The number of amides is 3. The molecule has 0 saturated carbocycles. The summed E-state index contributed by atoms with van der Waals surface area (Å²) in [4.78, 5) is 58.2. The molecule has 0 saturated heterocycles. The van der Waals surface area contributed by atoms with Gasteiger partial charge in [-0.15, -0.1) is 45.3 Å². The fourth-order valence-corrected chi connectivity index (χ4v) is 14.0. The normalized spacial score (nSPS) is 15.1. The first-order valence-corrected chi connectivity index (χ1v) is 29.8. The SMILES string of the molecule is CCC(C)N(CCC(=O)Nc1sc2c(c1-c1nc3cc(Br)ccc3s1)CCN(C(C)C)C2)C(=O)OC(C)(C)C.CCC(C)NCCC(=O)Nc1sc2c(c1-c1nc3cc(Br)ccc3s1)CCN(C(C)C)C2. The van der Waals surface area contributed by atoms with Gasteiger partial charge in [-0.3, -0.25) is 19.4 Å². The highest BCUT2D eigenvalue weighted by atomic mass is 79.9. The van der Waals surface area contributed by atoms with Crippen molar-refractivity contribution in [2.75, 3.05) is 36.8 Å². The van der Waals surface area contributed by atoms with E-state index in [0.29, 0.717) is 37.6 Å². The van der Waals surface area contributed by atoms with Crippen molar-refractivity contribution in [3.63, 3.8) is 0 Å². The number of thiazole rings is 2. The Bertz CT molecular complexity index is 2830. The first-order chi connectivity index (χ1) is 33.7. The Hall–Kier alpha value is -3.33. The van der Waals surface area contributed by atoms with Gasteiger partial charge in [-0.05, 0) is 136 Å². The van der Waals surface area contributed by atoms with E-state index >= 15 is 0 Å². The third kappa shape index (κ3) is 14.1. The van der Waals surface area contributed by atoms with Crippen LogP contribution in [-0.4, -0.2) is 98.5 Å². The van der Waals surface area contributed by atoms with E-state index < -0.39 is 5.60 Å². The molecule has 0 bridgehead atoms. The quantitative estimate of drug-likeness (QED) is 0.0867. The molecule has 0 aliphatic carbocycles. The molecule has 18 heteroatoms. The minimum Gasteiger partial charge on any atom is -0.444 e. The van der Waals surface area contributed by atoms with Gasteiger partial charge >= 0.3 is 6.09 Å². The molecular weight excluding hydrogens is 1100 g/mol. The Morgan fingerprint density at radius 3 is 1.63 bits per heavy atom. The van der Waals surface area contributed by atoms with Gasteiger partial charge in [0.2, 0.25) is 11.8 Å². The summed E-state index contributed by atoms with van der Waals surface area (Å²) in [5.74, 6) is -0.0542. The van der Waals surface area contributed by atoms with Crippen molar-refractivity contribution < 1.29 is 19.1 Å². The number of fused-ring (bicyclic) bond motifs is 4. The zero-order valence-corrected chi connectivity index (χ0v) is 49.5. The molecule has 0 radical (unpaired) electrons. The highest BCUT2D eigenvalue weighted by Crippen LogP contribution is 2.48. The number of thiophene rings is 2. The largest absolute Gasteiger partial charge is 0.444 e. The van der Waals surface area contributed by atoms with Crippen LogP contribution in [0.25, 0.3) is 41.6 Å². The summed E-state index contributed by atoms with van der Waals surface area (Å²) in [5.41, 5.74) is 6.19. The Labute approximate surface area is 453 Å². The molecule has 2 unspecified atom stereocenters. The van der Waals surface area contributed by atoms with E-state index in [1.165, 1.54) is 20.9 Å². The van der Waals surface area contributed by atoms with Crippen molar-refractivity contribution in [2.45, 2.75) is 158 Å². The van der Waals surface area contributed by atoms with Gasteiger partial charge in [0.25, 0.3) is 0 Å². The third-order valence-electron chi connectivity index (χ3n) is 13.1. The van der Waals surface area contributed by atoms with E-state index in [-0.39, 0.29) is 30.4 Å². The summed E-state index contributed by atoms with van der Waals surface area (Å²) in [6, 6.07) is 13.7. The van der Waals surface area contributed by atoms with E-state index in [9.17, 15) is 14.4 Å². The summed E-state index contributed by atoms with van der Waals surface area (Å²) in [6.45, 7) is 27.6. The second-order valence-corrected chi connectivity index (χ2v) is 26.2. The van der Waals surface area contributed by atoms with Gasteiger partial charge in [0, 0.05) is 106 Å². The van der Waals surface area contributed by atoms with Gasteiger partial charge in [0.1, 0.15) is 25.6 Å². The number of hydrogen-bond acceptors (Lipinski definition) is 13. The Kier molecular flexibility index (Phi) is 19.0. The molecule has 4 aromatic heterocycles. The number of hydrogen-bond donors (Lipinski definition) is 3.